The van der Waals surface area contributed by atoms with E-state index in [0.717, 1.165) is 6.54 Å². The first-order valence-corrected chi connectivity index (χ1v) is 4.40. The van der Waals surface area contributed by atoms with E-state index >= 15 is 0 Å². The molecule has 0 spiro atoms. The molecule has 2 nitrogen and oxygen atoms in total. The van der Waals surface area contributed by atoms with Crippen LogP contribution in [0.2, 0.25) is 0 Å². The Balaban J connectivity index is 0.000000980. The summed E-state index contributed by atoms with van der Waals surface area (Å²) in [6, 6.07) is 6.17. The monoisotopic (exact) mass is 217 g/mol. The molecule has 1 unspecified atom stereocenters. The van der Waals surface area contributed by atoms with Crippen LogP contribution in [-0.4, -0.2) is 18.2 Å². The van der Waals surface area contributed by atoms with E-state index in [-0.39, 0.29) is 18.2 Å². The van der Waals surface area contributed by atoms with Crippen molar-refractivity contribution in [2.45, 2.75) is 12.0 Å². The fourth-order valence-electron chi connectivity index (χ4n) is 1.70. The van der Waals surface area contributed by atoms with Crippen molar-refractivity contribution in [2.24, 2.45) is 0 Å². The van der Waals surface area contributed by atoms with Crippen LogP contribution in [0.1, 0.15) is 12.0 Å². The Morgan fingerprint density at radius 3 is 2.79 bits per heavy atom. The SMILES string of the molecule is Cl.OC1(c2cccc(F)c2)CCNC1. The topological polar surface area (TPSA) is 32.3 Å². The van der Waals surface area contributed by atoms with Gasteiger partial charge in [-0.15, -0.1) is 12.4 Å². The van der Waals surface area contributed by atoms with Crippen molar-refractivity contribution in [3.63, 3.8) is 0 Å². The highest BCUT2D eigenvalue weighted by Gasteiger charge is 2.32. The zero-order valence-electron chi connectivity index (χ0n) is 7.66. The van der Waals surface area contributed by atoms with Crippen LogP contribution in [0.15, 0.2) is 24.3 Å². The molecular formula is C10H13ClFNO. The summed E-state index contributed by atoms with van der Waals surface area (Å²) in [6.45, 7) is 1.30. The Morgan fingerprint density at radius 1 is 1.43 bits per heavy atom. The van der Waals surface area contributed by atoms with Gasteiger partial charge in [-0.2, -0.15) is 0 Å². The molecule has 0 radical (unpaired) electrons. The predicted octanol–water partition coefficient (Wildman–Crippen LogP) is 1.43. The summed E-state index contributed by atoms with van der Waals surface area (Å²) in [7, 11) is 0. The van der Waals surface area contributed by atoms with Gasteiger partial charge in [-0.3, -0.25) is 0 Å². The molecule has 1 aliphatic rings. The van der Waals surface area contributed by atoms with E-state index in [1.165, 1.54) is 12.1 Å². The molecule has 1 heterocycles. The van der Waals surface area contributed by atoms with Gasteiger partial charge in [0.05, 0.1) is 0 Å². The van der Waals surface area contributed by atoms with E-state index in [4.69, 9.17) is 0 Å². The summed E-state index contributed by atoms with van der Waals surface area (Å²) >= 11 is 0. The van der Waals surface area contributed by atoms with Crippen LogP contribution < -0.4 is 5.32 Å². The molecule has 1 fully saturated rings. The van der Waals surface area contributed by atoms with Gasteiger partial charge in [0, 0.05) is 6.54 Å². The number of nitrogens with one attached hydrogen (secondary N) is 1. The van der Waals surface area contributed by atoms with E-state index in [1.54, 1.807) is 12.1 Å². The van der Waals surface area contributed by atoms with Crippen LogP contribution in [0.25, 0.3) is 0 Å². The minimum absolute atomic E-state index is 0. The predicted molar refractivity (Wildman–Crippen MR) is 55.0 cm³/mol. The van der Waals surface area contributed by atoms with Crippen LogP contribution in [0.3, 0.4) is 0 Å². The lowest BCUT2D eigenvalue weighted by atomic mass is 9.93. The maximum absolute atomic E-state index is 12.9. The summed E-state index contributed by atoms with van der Waals surface area (Å²) in [5.74, 6) is -0.294. The van der Waals surface area contributed by atoms with Gasteiger partial charge in [-0.05, 0) is 30.7 Å². The van der Waals surface area contributed by atoms with Crippen LogP contribution in [0, 0.1) is 5.82 Å². The maximum Gasteiger partial charge on any atom is 0.123 e. The molecular weight excluding hydrogens is 205 g/mol. The number of halogens is 2. The van der Waals surface area contributed by atoms with Crippen LogP contribution in [0.5, 0.6) is 0 Å². The quantitative estimate of drug-likeness (QED) is 0.746. The third-order valence-electron chi connectivity index (χ3n) is 2.49. The van der Waals surface area contributed by atoms with Crippen molar-refractivity contribution in [1.29, 1.82) is 0 Å². The maximum atomic E-state index is 12.9. The van der Waals surface area contributed by atoms with Gasteiger partial charge in [0.15, 0.2) is 0 Å². The minimum atomic E-state index is -0.873. The van der Waals surface area contributed by atoms with Crippen molar-refractivity contribution in [3.8, 4) is 0 Å². The summed E-state index contributed by atoms with van der Waals surface area (Å²) in [5, 5.41) is 13.1. The fourth-order valence-corrected chi connectivity index (χ4v) is 1.70. The lowest BCUT2D eigenvalue weighted by molar-refractivity contribution is 0.0584. The number of β-amino-alcohol motifs (C(OH)–C–C–N with tert-alkyl or cyclic N) is 1. The number of rotatable bonds is 1. The molecule has 78 valence electrons. The van der Waals surface area contributed by atoms with Gasteiger partial charge in [0.25, 0.3) is 0 Å². The van der Waals surface area contributed by atoms with E-state index in [0.29, 0.717) is 18.5 Å². The highest BCUT2D eigenvalue weighted by molar-refractivity contribution is 5.85. The molecule has 1 aromatic rings. The van der Waals surface area contributed by atoms with Crippen LogP contribution >= 0.6 is 12.4 Å². The highest BCUT2D eigenvalue weighted by atomic mass is 35.5. The molecule has 0 aromatic heterocycles. The van der Waals surface area contributed by atoms with Crippen molar-refractivity contribution in [2.75, 3.05) is 13.1 Å². The second-order valence-electron chi connectivity index (χ2n) is 3.47. The van der Waals surface area contributed by atoms with E-state index in [2.05, 4.69) is 5.32 Å². The molecule has 1 aromatic carbocycles. The van der Waals surface area contributed by atoms with Gasteiger partial charge < -0.3 is 10.4 Å². The third-order valence-corrected chi connectivity index (χ3v) is 2.49. The standard InChI is InChI=1S/C10H12FNO.ClH/c11-9-3-1-2-8(6-9)10(13)4-5-12-7-10;/h1-3,6,12-13H,4-5,7H2;1H. The summed E-state index contributed by atoms with van der Waals surface area (Å²) in [6.07, 6.45) is 0.649. The van der Waals surface area contributed by atoms with Crippen LogP contribution in [-0.2, 0) is 5.60 Å². The second kappa shape index (κ2) is 4.26. The zero-order chi connectivity index (χ0) is 9.31. The fraction of sp³-hybridized carbons (Fsp3) is 0.400. The van der Waals surface area contributed by atoms with Crippen molar-refractivity contribution >= 4 is 12.4 Å². The van der Waals surface area contributed by atoms with Crippen molar-refractivity contribution < 1.29 is 9.50 Å². The molecule has 1 atom stereocenters. The van der Waals surface area contributed by atoms with Crippen molar-refractivity contribution in [1.82, 2.24) is 5.32 Å². The van der Waals surface area contributed by atoms with E-state index < -0.39 is 5.60 Å². The highest BCUT2D eigenvalue weighted by Crippen LogP contribution is 2.27. The van der Waals surface area contributed by atoms with Gasteiger partial charge in [-0.25, -0.2) is 4.39 Å². The normalized spacial score (nSPS) is 25.9. The Kier molecular flexibility index (Phi) is 3.48. The Morgan fingerprint density at radius 2 is 2.21 bits per heavy atom. The number of hydrogen-bond acceptors (Lipinski definition) is 2. The molecule has 14 heavy (non-hydrogen) atoms. The second-order valence-corrected chi connectivity index (χ2v) is 3.47. The Labute approximate surface area is 88.5 Å². The van der Waals surface area contributed by atoms with Gasteiger partial charge in [0.2, 0.25) is 0 Å². The number of benzene rings is 1. The Hall–Kier alpha value is -0.640. The summed E-state index contributed by atoms with van der Waals surface area (Å²) in [4.78, 5) is 0. The Bertz CT molecular complexity index is 313. The average molecular weight is 218 g/mol. The van der Waals surface area contributed by atoms with Gasteiger partial charge in [-0.1, -0.05) is 12.1 Å². The average Bonchev–Trinajstić information content (AvgIpc) is 2.54. The van der Waals surface area contributed by atoms with E-state index in [1.807, 2.05) is 0 Å². The lowest BCUT2D eigenvalue weighted by Gasteiger charge is -2.21. The molecule has 0 saturated carbocycles. The summed E-state index contributed by atoms with van der Waals surface area (Å²) in [5.41, 5.74) is -0.209. The van der Waals surface area contributed by atoms with Crippen LogP contribution in [0.4, 0.5) is 4.39 Å². The molecule has 0 aliphatic carbocycles. The van der Waals surface area contributed by atoms with E-state index in [9.17, 15) is 9.50 Å². The lowest BCUT2D eigenvalue weighted by Crippen LogP contribution is -2.28. The molecule has 4 heteroatoms. The molecule has 1 saturated heterocycles. The molecule has 2 rings (SSSR count). The number of aliphatic hydroxyl groups is 1. The molecule has 0 bridgehead atoms. The first-order chi connectivity index (χ1) is 6.21. The molecule has 2 N–H and O–H groups in total. The van der Waals surface area contributed by atoms with Gasteiger partial charge >= 0.3 is 0 Å². The zero-order valence-corrected chi connectivity index (χ0v) is 8.48. The molecule has 1 aliphatic heterocycles. The first-order valence-electron chi connectivity index (χ1n) is 4.40. The molecule has 0 amide bonds. The largest absolute Gasteiger partial charge is 0.384 e. The smallest absolute Gasteiger partial charge is 0.123 e. The minimum Gasteiger partial charge on any atom is -0.384 e. The summed E-state index contributed by atoms with van der Waals surface area (Å²) < 4.78 is 12.9. The third kappa shape index (κ3) is 2.05. The number of hydrogen-bond donors (Lipinski definition) is 2. The van der Waals surface area contributed by atoms with Crippen molar-refractivity contribution in [3.05, 3.63) is 35.6 Å². The first kappa shape index (κ1) is 11.4. The van der Waals surface area contributed by atoms with Gasteiger partial charge in [0.1, 0.15) is 11.4 Å².